The van der Waals surface area contributed by atoms with Gasteiger partial charge in [-0.2, -0.15) is 0 Å². The number of guanidine groups is 1. The highest BCUT2D eigenvalue weighted by Gasteiger charge is 2.14. The zero-order valence-electron chi connectivity index (χ0n) is 16.7. The number of halogens is 1. The van der Waals surface area contributed by atoms with Gasteiger partial charge in [0.05, 0.1) is 12.7 Å². The molecule has 1 saturated heterocycles. The summed E-state index contributed by atoms with van der Waals surface area (Å²) in [4.78, 5) is 20.2. The first-order valence-corrected chi connectivity index (χ1v) is 9.53. The molecule has 1 aliphatic rings. The summed E-state index contributed by atoms with van der Waals surface area (Å²) in [6, 6.07) is 3.71. The SMILES string of the molecule is CN=C(NCCCOCC1CCCO1)NCCC(=O)Nc1ccc(C)cn1.I. The molecule has 1 fully saturated rings. The third-order valence-electron chi connectivity index (χ3n) is 4.13. The molecule has 158 valence electrons. The fourth-order valence-corrected chi connectivity index (χ4v) is 2.63. The van der Waals surface area contributed by atoms with E-state index in [0.29, 0.717) is 38.0 Å². The molecule has 8 nitrogen and oxygen atoms in total. The Morgan fingerprint density at radius 3 is 2.86 bits per heavy atom. The molecular formula is C19H32IN5O3. The van der Waals surface area contributed by atoms with Gasteiger partial charge in [0.2, 0.25) is 5.91 Å². The summed E-state index contributed by atoms with van der Waals surface area (Å²) in [5.41, 5.74) is 1.06. The highest BCUT2D eigenvalue weighted by Crippen LogP contribution is 2.11. The summed E-state index contributed by atoms with van der Waals surface area (Å²) >= 11 is 0. The molecule has 2 rings (SSSR count). The number of pyridine rings is 1. The molecule has 2 heterocycles. The fraction of sp³-hybridized carbons (Fsp3) is 0.632. The number of carbonyl (C=O) groups excluding carboxylic acids is 1. The van der Waals surface area contributed by atoms with Crippen molar-refractivity contribution in [3.8, 4) is 0 Å². The van der Waals surface area contributed by atoms with Crippen molar-refractivity contribution in [1.29, 1.82) is 0 Å². The van der Waals surface area contributed by atoms with Crippen LogP contribution in [0.1, 0.15) is 31.2 Å². The van der Waals surface area contributed by atoms with Gasteiger partial charge in [-0.1, -0.05) is 6.07 Å². The van der Waals surface area contributed by atoms with Crippen LogP contribution in [-0.4, -0.2) is 62.9 Å². The second kappa shape index (κ2) is 14.5. The van der Waals surface area contributed by atoms with Crippen LogP contribution < -0.4 is 16.0 Å². The smallest absolute Gasteiger partial charge is 0.227 e. The molecule has 0 aromatic carbocycles. The van der Waals surface area contributed by atoms with Crippen LogP contribution in [0, 0.1) is 6.92 Å². The topological polar surface area (TPSA) is 96.9 Å². The number of hydrogen-bond donors (Lipinski definition) is 3. The van der Waals surface area contributed by atoms with E-state index in [9.17, 15) is 4.79 Å². The first-order chi connectivity index (χ1) is 13.2. The van der Waals surface area contributed by atoms with E-state index in [4.69, 9.17) is 9.47 Å². The van der Waals surface area contributed by atoms with Gasteiger partial charge < -0.3 is 25.4 Å². The highest BCUT2D eigenvalue weighted by atomic mass is 127. The lowest BCUT2D eigenvalue weighted by molar-refractivity contribution is -0.116. The molecule has 9 heteroatoms. The van der Waals surface area contributed by atoms with E-state index in [2.05, 4.69) is 25.9 Å². The van der Waals surface area contributed by atoms with Gasteiger partial charge in [0, 0.05) is 46.0 Å². The standard InChI is InChI=1S/C19H31N5O3.HI/c1-15-6-7-17(23-13-15)24-18(25)8-10-22-19(20-2)21-9-4-11-26-14-16-5-3-12-27-16;/h6-7,13,16H,3-5,8-12,14H2,1-2H3,(H2,20,21,22)(H,23,24,25);1H. The van der Waals surface area contributed by atoms with E-state index in [1.54, 1.807) is 19.3 Å². The molecule has 1 aromatic rings. The average molecular weight is 505 g/mol. The first kappa shape index (κ1) is 24.6. The number of amides is 1. The van der Waals surface area contributed by atoms with Gasteiger partial charge in [-0.3, -0.25) is 9.79 Å². The predicted octanol–water partition coefficient (Wildman–Crippen LogP) is 2.09. The second-order valence-electron chi connectivity index (χ2n) is 6.51. The summed E-state index contributed by atoms with van der Waals surface area (Å²) in [5.74, 6) is 1.16. The average Bonchev–Trinajstić information content (AvgIpc) is 3.18. The van der Waals surface area contributed by atoms with Crippen molar-refractivity contribution in [3.05, 3.63) is 23.9 Å². The van der Waals surface area contributed by atoms with Gasteiger partial charge >= 0.3 is 0 Å². The van der Waals surface area contributed by atoms with Crippen LogP contribution in [0.4, 0.5) is 5.82 Å². The summed E-state index contributed by atoms with van der Waals surface area (Å²) < 4.78 is 11.1. The highest BCUT2D eigenvalue weighted by molar-refractivity contribution is 14.0. The maximum absolute atomic E-state index is 11.9. The van der Waals surface area contributed by atoms with Gasteiger partial charge in [-0.05, 0) is 37.8 Å². The van der Waals surface area contributed by atoms with Crippen LogP contribution in [0.2, 0.25) is 0 Å². The Labute approximate surface area is 184 Å². The number of anilines is 1. The van der Waals surface area contributed by atoms with Crippen molar-refractivity contribution >= 4 is 41.7 Å². The molecule has 0 bridgehead atoms. The Morgan fingerprint density at radius 2 is 2.18 bits per heavy atom. The molecule has 1 unspecified atom stereocenters. The lowest BCUT2D eigenvalue weighted by Crippen LogP contribution is -2.39. The van der Waals surface area contributed by atoms with E-state index in [1.165, 1.54) is 0 Å². The Bertz CT molecular complexity index is 592. The van der Waals surface area contributed by atoms with Gasteiger partial charge in [0.15, 0.2) is 5.96 Å². The number of rotatable bonds is 10. The molecule has 0 radical (unpaired) electrons. The fourth-order valence-electron chi connectivity index (χ4n) is 2.63. The van der Waals surface area contributed by atoms with E-state index in [1.807, 2.05) is 13.0 Å². The Hall–Kier alpha value is -1.46. The zero-order chi connectivity index (χ0) is 19.3. The van der Waals surface area contributed by atoms with Crippen molar-refractivity contribution in [2.75, 3.05) is 45.3 Å². The van der Waals surface area contributed by atoms with Crippen LogP contribution in [0.15, 0.2) is 23.3 Å². The second-order valence-corrected chi connectivity index (χ2v) is 6.51. The number of nitrogens with zero attached hydrogens (tertiary/aromatic N) is 2. The third-order valence-corrected chi connectivity index (χ3v) is 4.13. The molecule has 3 N–H and O–H groups in total. The van der Waals surface area contributed by atoms with Crippen LogP contribution in [-0.2, 0) is 14.3 Å². The summed E-state index contributed by atoms with van der Waals surface area (Å²) in [5, 5.41) is 9.11. The molecule has 1 amide bonds. The lowest BCUT2D eigenvalue weighted by atomic mass is 10.2. The van der Waals surface area contributed by atoms with Gasteiger partial charge in [0.25, 0.3) is 0 Å². The maximum atomic E-state index is 11.9. The molecule has 0 spiro atoms. The zero-order valence-corrected chi connectivity index (χ0v) is 19.0. The third kappa shape index (κ3) is 10.2. The Balaban J connectivity index is 0.00000392. The van der Waals surface area contributed by atoms with Gasteiger partial charge in [-0.25, -0.2) is 4.98 Å². The van der Waals surface area contributed by atoms with Crippen molar-refractivity contribution in [1.82, 2.24) is 15.6 Å². The van der Waals surface area contributed by atoms with E-state index in [-0.39, 0.29) is 36.0 Å². The van der Waals surface area contributed by atoms with Gasteiger partial charge in [-0.15, -0.1) is 24.0 Å². The molecule has 1 aromatic heterocycles. The molecular weight excluding hydrogens is 473 g/mol. The Kier molecular flexibility index (Phi) is 12.8. The van der Waals surface area contributed by atoms with E-state index < -0.39 is 0 Å². The number of hydrogen-bond acceptors (Lipinski definition) is 5. The largest absolute Gasteiger partial charge is 0.379 e. The quantitative estimate of drug-likeness (QED) is 0.195. The number of aliphatic imine (C=N–C) groups is 1. The predicted molar refractivity (Wildman–Crippen MR) is 121 cm³/mol. The molecule has 1 aliphatic heterocycles. The van der Waals surface area contributed by atoms with Crippen LogP contribution >= 0.6 is 24.0 Å². The van der Waals surface area contributed by atoms with Gasteiger partial charge in [0.1, 0.15) is 5.82 Å². The van der Waals surface area contributed by atoms with Crippen LogP contribution in [0.25, 0.3) is 0 Å². The van der Waals surface area contributed by atoms with Crippen molar-refractivity contribution in [2.45, 2.75) is 38.7 Å². The number of nitrogens with one attached hydrogen (secondary N) is 3. The number of carbonyl (C=O) groups is 1. The molecule has 0 saturated carbocycles. The normalized spacial score (nSPS) is 16.4. The number of aryl methyl sites for hydroxylation is 1. The monoisotopic (exact) mass is 505 g/mol. The minimum absolute atomic E-state index is 0. The molecule has 0 aliphatic carbocycles. The maximum Gasteiger partial charge on any atom is 0.227 e. The number of ether oxygens (including phenoxy) is 2. The minimum atomic E-state index is -0.0863. The van der Waals surface area contributed by atoms with Crippen molar-refractivity contribution < 1.29 is 14.3 Å². The van der Waals surface area contributed by atoms with E-state index >= 15 is 0 Å². The first-order valence-electron chi connectivity index (χ1n) is 9.53. The van der Waals surface area contributed by atoms with Crippen molar-refractivity contribution in [3.63, 3.8) is 0 Å². The molecule has 1 atom stereocenters. The van der Waals surface area contributed by atoms with E-state index in [0.717, 1.165) is 38.0 Å². The van der Waals surface area contributed by atoms with Crippen LogP contribution in [0.3, 0.4) is 0 Å². The number of aromatic nitrogens is 1. The van der Waals surface area contributed by atoms with Crippen LogP contribution in [0.5, 0.6) is 0 Å². The molecule has 28 heavy (non-hydrogen) atoms. The summed E-state index contributed by atoms with van der Waals surface area (Å²) in [6.07, 6.45) is 5.45. The minimum Gasteiger partial charge on any atom is -0.379 e. The summed E-state index contributed by atoms with van der Waals surface area (Å²) in [6.45, 7) is 5.43. The lowest BCUT2D eigenvalue weighted by Gasteiger charge is -2.13. The Morgan fingerprint density at radius 1 is 1.36 bits per heavy atom. The summed E-state index contributed by atoms with van der Waals surface area (Å²) in [7, 11) is 1.71. The van der Waals surface area contributed by atoms with Crippen molar-refractivity contribution in [2.24, 2.45) is 4.99 Å².